The SMILES string of the molecule is CNC1CCCCC1CN(C)CC1CC(O)C1. The molecule has 17 heavy (non-hydrogen) atoms. The van der Waals surface area contributed by atoms with E-state index in [1.807, 2.05) is 0 Å². The van der Waals surface area contributed by atoms with Crippen LogP contribution in [0.15, 0.2) is 0 Å². The van der Waals surface area contributed by atoms with E-state index in [4.69, 9.17) is 0 Å². The zero-order valence-electron chi connectivity index (χ0n) is 11.4. The summed E-state index contributed by atoms with van der Waals surface area (Å²) in [5.74, 6) is 1.57. The maximum absolute atomic E-state index is 9.30. The Morgan fingerprint density at radius 1 is 1.18 bits per heavy atom. The van der Waals surface area contributed by atoms with Crippen LogP contribution in [0.5, 0.6) is 0 Å². The van der Waals surface area contributed by atoms with E-state index in [0.29, 0.717) is 0 Å². The van der Waals surface area contributed by atoms with Crippen molar-refractivity contribution in [3.05, 3.63) is 0 Å². The molecule has 2 unspecified atom stereocenters. The van der Waals surface area contributed by atoms with Crippen LogP contribution < -0.4 is 5.32 Å². The van der Waals surface area contributed by atoms with Gasteiger partial charge in [0.1, 0.15) is 0 Å². The van der Waals surface area contributed by atoms with Gasteiger partial charge in [-0.3, -0.25) is 0 Å². The molecule has 2 aliphatic carbocycles. The van der Waals surface area contributed by atoms with Crippen molar-refractivity contribution < 1.29 is 5.11 Å². The van der Waals surface area contributed by atoms with Crippen molar-refractivity contribution in [3.63, 3.8) is 0 Å². The number of nitrogens with one attached hydrogen (secondary N) is 1. The zero-order chi connectivity index (χ0) is 12.3. The molecule has 100 valence electrons. The van der Waals surface area contributed by atoms with Gasteiger partial charge in [-0.1, -0.05) is 12.8 Å². The molecule has 0 spiro atoms. The van der Waals surface area contributed by atoms with Crippen LogP contribution in [0.4, 0.5) is 0 Å². The lowest BCUT2D eigenvalue weighted by Crippen LogP contribution is -2.44. The molecule has 0 amide bonds. The molecule has 2 N–H and O–H groups in total. The second-order valence-corrected chi connectivity index (χ2v) is 6.15. The van der Waals surface area contributed by atoms with E-state index in [9.17, 15) is 5.11 Å². The van der Waals surface area contributed by atoms with Crippen LogP contribution in [0.2, 0.25) is 0 Å². The quantitative estimate of drug-likeness (QED) is 0.764. The summed E-state index contributed by atoms with van der Waals surface area (Å²) in [5, 5.41) is 12.8. The van der Waals surface area contributed by atoms with Gasteiger partial charge in [-0.15, -0.1) is 0 Å². The van der Waals surface area contributed by atoms with Gasteiger partial charge < -0.3 is 15.3 Å². The van der Waals surface area contributed by atoms with Gasteiger partial charge in [-0.25, -0.2) is 0 Å². The second kappa shape index (κ2) is 6.17. The molecule has 2 fully saturated rings. The van der Waals surface area contributed by atoms with Crippen molar-refractivity contribution in [2.45, 2.75) is 50.7 Å². The summed E-state index contributed by atoms with van der Waals surface area (Å²) < 4.78 is 0. The Morgan fingerprint density at radius 3 is 2.53 bits per heavy atom. The van der Waals surface area contributed by atoms with Gasteiger partial charge in [0.2, 0.25) is 0 Å². The summed E-state index contributed by atoms with van der Waals surface area (Å²) in [6.07, 6.45) is 7.54. The van der Waals surface area contributed by atoms with Crippen molar-refractivity contribution in [3.8, 4) is 0 Å². The predicted molar refractivity (Wildman–Crippen MR) is 71.0 cm³/mol. The topological polar surface area (TPSA) is 35.5 Å². The number of hydrogen-bond acceptors (Lipinski definition) is 3. The van der Waals surface area contributed by atoms with Gasteiger partial charge in [0.15, 0.2) is 0 Å². The van der Waals surface area contributed by atoms with Crippen molar-refractivity contribution in [1.29, 1.82) is 0 Å². The van der Waals surface area contributed by atoms with Gasteiger partial charge in [0.25, 0.3) is 0 Å². The number of aliphatic hydroxyl groups excluding tert-OH is 1. The summed E-state index contributed by atoms with van der Waals surface area (Å²) in [7, 11) is 4.34. The highest BCUT2D eigenvalue weighted by Crippen LogP contribution is 2.29. The molecule has 0 aromatic heterocycles. The first-order valence-electron chi connectivity index (χ1n) is 7.23. The molecule has 0 bridgehead atoms. The molecule has 0 aliphatic heterocycles. The zero-order valence-corrected chi connectivity index (χ0v) is 11.4. The molecule has 0 saturated heterocycles. The molecule has 0 heterocycles. The summed E-state index contributed by atoms with van der Waals surface area (Å²) >= 11 is 0. The molecule has 3 heteroatoms. The molecule has 2 aliphatic rings. The van der Waals surface area contributed by atoms with Crippen LogP contribution in [0.1, 0.15) is 38.5 Å². The molecule has 3 nitrogen and oxygen atoms in total. The predicted octanol–water partition coefficient (Wildman–Crippen LogP) is 1.47. The van der Waals surface area contributed by atoms with Crippen LogP contribution in [-0.4, -0.2) is 49.3 Å². The lowest BCUT2D eigenvalue weighted by molar-refractivity contribution is 0.0246. The maximum Gasteiger partial charge on any atom is 0.0546 e. The first-order chi connectivity index (χ1) is 8.19. The van der Waals surface area contributed by atoms with Crippen LogP contribution in [-0.2, 0) is 0 Å². The molecule has 0 radical (unpaired) electrons. The summed E-state index contributed by atoms with van der Waals surface area (Å²) in [5.41, 5.74) is 0. The maximum atomic E-state index is 9.30. The van der Waals surface area contributed by atoms with E-state index < -0.39 is 0 Å². The first kappa shape index (κ1) is 13.3. The fourth-order valence-electron chi connectivity index (χ4n) is 3.57. The summed E-state index contributed by atoms with van der Waals surface area (Å²) in [4.78, 5) is 2.48. The van der Waals surface area contributed by atoms with Gasteiger partial charge in [-0.2, -0.15) is 0 Å². The van der Waals surface area contributed by atoms with E-state index >= 15 is 0 Å². The summed E-state index contributed by atoms with van der Waals surface area (Å²) in [6, 6.07) is 0.721. The first-order valence-corrected chi connectivity index (χ1v) is 7.23. The van der Waals surface area contributed by atoms with Crippen LogP contribution in [0, 0.1) is 11.8 Å². The molecule has 0 aromatic carbocycles. The largest absolute Gasteiger partial charge is 0.393 e. The van der Waals surface area contributed by atoms with E-state index in [1.54, 1.807) is 0 Å². The molecule has 2 saturated carbocycles. The number of hydrogen-bond donors (Lipinski definition) is 2. The fraction of sp³-hybridized carbons (Fsp3) is 1.00. The fourth-order valence-corrected chi connectivity index (χ4v) is 3.57. The third-order valence-corrected chi connectivity index (χ3v) is 4.61. The van der Waals surface area contributed by atoms with Crippen molar-refractivity contribution >= 4 is 0 Å². The number of nitrogens with zero attached hydrogens (tertiary/aromatic N) is 1. The Kier molecular flexibility index (Phi) is 4.83. The van der Waals surface area contributed by atoms with Crippen LogP contribution in [0.3, 0.4) is 0 Å². The minimum Gasteiger partial charge on any atom is -0.393 e. The second-order valence-electron chi connectivity index (χ2n) is 6.15. The van der Waals surface area contributed by atoms with E-state index in [2.05, 4.69) is 24.3 Å². The minimum atomic E-state index is -0.00635. The standard InChI is InChI=1S/C14H28N2O/c1-15-14-6-4-3-5-12(14)10-16(2)9-11-7-13(17)8-11/h11-15,17H,3-10H2,1-2H3. The van der Waals surface area contributed by atoms with Gasteiger partial charge in [0, 0.05) is 19.1 Å². The highest BCUT2D eigenvalue weighted by Gasteiger charge is 2.30. The number of aliphatic hydroxyl groups is 1. The summed E-state index contributed by atoms with van der Waals surface area (Å²) in [6.45, 7) is 2.39. The van der Waals surface area contributed by atoms with Crippen molar-refractivity contribution in [2.75, 3.05) is 27.2 Å². The molecule has 0 aromatic rings. The lowest BCUT2D eigenvalue weighted by atomic mass is 9.81. The Labute approximate surface area is 106 Å². The van der Waals surface area contributed by atoms with Crippen LogP contribution >= 0.6 is 0 Å². The van der Waals surface area contributed by atoms with Gasteiger partial charge in [0.05, 0.1) is 6.10 Å². The minimum absolute atomic E-state index is 0.00635. The molecular weight excluding hydrogens is 212 g/mol. The van der Waals surface area contributed by atoms with Gasteiger partial charge in [-0.05, 0) is 51.6 Å². The number of rotatable bonds is 5. The van der Waals surface area contributed by atoms with Crippen molar-refractivity contribution in [2.24, 2.45) is 11.8 Å². The highest BCUT2D eigenvalue weighted by molar-refractivity contribution is 4.84. The lowest BCUT2D eigenvalue weighted by Gasteiger charge is -2.38. The monoisotopic (exact) mass is 240 g/mol. The Balaban J connectivity index is 1.70. The third kappa shape index (κ3) is 3.67. The average molecular weight is 240 g/mol. The van der Waals surface area contributed by atoms with E-state index in [0.717, 1.165) is 30.7 Å². The molecule has 2 atom stereocenters. The molecular formula is C14H28N2O. The van der Waals surface area contributed by atoms with E-state index in [-0.39, 0.29) is 6.10 Å². The average Bonchev–Trinajstić information content (AvgIpc) is 2.27. The van der Waals surface area contributed by atoms with Crippen LogP contribution in [0.25, 0.3) is 0 Å². The Hall–Kier alpha value is -0.120. The highest BCUT2D eigenvalue weighted by atomic mass is 16.3. The third-order valence-electron chi connectivity index (χ3n) is 4.61. The smallest absolute Gasteiger partial charge is 0.0546 e. The van der Waals surface area contributed by atoms with Crippen molar-refractivity contribution in [1.82, 2.24) is 10.2 Å². The van der Waals surface area contributed by atoms with Gasteiger partial charge >= 0.3 is 0 Å². The normalized spacial score (nSPS) is 38.1. The van der Waals surface area contributed by atoms with E-state index in [1.165, 1.54) is 38.8 Å². The molecule has 2 rings (SSSR count). The Bertz CT molecular complexity index is 228. The Morgan fingerprint density at radius 2 is 1.88 bits per heavy atom.